The Morgan fingerprint density at radius 1 is 0.886 bits per heavy atom. The van der Waals surface area contributed by atoms with E-state index in [4.69, 9.17) is 9.47 Å². The lowest BCUT2D eigenvalue weighted by atomic mass is 10.00. The van der Waals surface area contributed by atoms with Crippen molar-refractivity contribution in [2.75, 3.05) is 30.5 Å². The second-order valence-corrected chi connectivity index (χ2v) is 10.2. The smallest absolute Gasteiger partial charge is 0.328 e. The van der Waals surface area contributed by atoms with Gasteiger partial charge in [-0.25, -0.2) is 9.18 Å². The Hall–Kier alpha value is -5.24. The average Bonchev–Trinajstić information content (AvgIpc) is 3.05. The van der Waals surface area contributed by atoms with E-state index in [1.807, 2.05) is 18.2 Å². The molecule has 1 amide bonds. The molecule has 0 radical (unpaired) electrons. The minimum absolute atomic E-state index is 0.153. The van der Waals surface area contributed by atoms with Crippen LogP contribution >= 0.6 is 0 Å². The number of ketones is 1. The first kappa shape index (κ1) is 31.7. The molecule has 0 aliphatic rings. The quantitative estimate of drug-likeness (QED) is 0.0764. The molecule has 0 saturated carbocycles. The van der Waals surface area contributed by atoms with Crippen LogP contribution in [0.3, 0.4) is 0 Å². The molecule has 1 N–H and O–H groups in total. The number of hydrogen-bond donors (Lipinski definition) is 1. The summed E-state index contributed by atoms with van der Waals surface area (Å²) >= 11 is 0. The van der Waals surface area contributed by atoms with Gasteiger partial charge in [-0.3, -0.25) is 9.59 Å². The number of hydrogen-bond acceptors (Lipinski definition) is 6. The van der Waals surface area contributed by atoms with E-state index >= 15 is 0 Å². The summed E-state index contributed by atoms with van der Waals surface area (Å²) in [5, 5.41) is 3.21. The number of methoxy groups -OCH3 is 1. The topological polar surface area (TPSA) is 84.9 Å². The van der Waals surface area contributed by atoms with Crippen LogP contribution in [0.15, 0.2) is 115 Å². The fourth-order valence-electron chi connectivity index (χ4n) is 4.68. The van der Waals surface area contributed by atoms with Crippen LogP contribution in [-0.4, -0.2) is 44.0 Å². The lowest BCUT2D eigenvalue weighted by molar-refractivity contribution is -0.141. The number of ether oxygens (including phenoxy) is 2. The second-order valence-electron chi connectivity index (χ2n) is 10.2. The molecule has 1 atom stereocenters. The number of nitrogens with one attached hydrogen (secondary N) is 1. The van der Waals surface area contributed by atoms with E-state index in [-0.39, 0.29) is 23.9 Å². The predicted molar refractivity (Wildman–Crippen MR) is 170 cm³/mol. The van der Waals surface area contributed by atoms with E-state index < -0.39 is 17.8 Å². The number of amides is 1. The molecule has 4 rings (SSSR count). The molecule has 4 aromatic rings. The van der Waals surface area contributed by atoms with Crippen LogP contribution in [0.4, 0.5) is 15.8 Å². The van der Waals surface area contributed by atoms with E-state index in [0.29, 0.717) is 47.6 Å². The first-order chi connectivity index (χ1) is 21.3. The molecular weight excluding hydrogens is 559 g/mol. The average molecular weight is 595 g/mol. The van der Waals surface area contributed by atoms with Crippen LogP contribution in [-0.2, 0) is 20.7 Å². The van der Waals surface area contributed by atoms with E-state index in [2.05, 4.69) is 11.9 Å². The highest BCUT2D eigenvalue weighted by Gasteiger charge is 2.23. The third-order valence-electron chi connectivity index (χ3n) is 6.93. The molecule has 8 heteroatoms. The van der Waals surface area contributed by atoms with Gasteiger partial charge in [0.15, 0.2) is 5.78 Å². The van der Waals surface area contributed by atoms with Crippen molar-refractivity contribution in [3.05, 3.63) is 138 Å². The van der Waals surface area contributed by atoms with Crippen molar-refractivity contribution in [3.63, 3.8) is 0 Å². The van der Waals surface area contributed by atoms with E-state index in [9.17, 15) is 18.8 Å². The summed E-state index contributed by atoms with van der Waals surface area (Å²) in [5.74, 6) is -0.834. The molecule has 0 fully saturated rings. The number of halogens is 1. The molecule has 0 aromatic heterocycles. The predicted octanol–water partition coefficient (Wildman–Crippen LogP) is 6.63. The van der Waals surface area contributed by atoms with Crippen molar-refractivity contribution in [1.29, 1.82) is 0 Å². The minimum Gasteiger partial charge on any atom is -0.494 e. The van der Waals surface area contributed by atoms with Crippen molar-refractivity contribution in [3.8, 4) is 5.75 Å². The van der Waals surface area contributed by atoms with Crippen LogP contribution in [0.25, 0.3) is 0 Å². The van der Waals surface area contributed by atoms with Crippen molar-refractivity contribution in [2.24, 2.45) is 0 Å². The summed E-state index contributed by atoms with van der Waals surface area (Å²) in [5.41, 5.74) is 2.90. The fraction of sp³-hybridized carbons (Fsp3) is 0.194. The second kappa shape index (κ2) is 15.3. The number of carbonyl (C=O) groups is 3. The van der Waals surface area contributed by atoms with Crippen molar-refractivity contribution >= 4 is 29.0 Å². The van der Waals surface area contributed by atoms with Gasteiger partial charge < -0.3 is 19.7 Å². The van der Waals surface area contributed by atoms with Gasteiger partial charge in [0.25, 0.3) is 5.91 Å². The number of rotatable bonds is 14. The third kappa shape index (κ3) is 8.19. The monoisotopic (exact) mass is 594 g/mol. The summed E-state index contributed by atoms with van der Waals surface area (Å²) in [6, 6.07) is 28.7. The molecule has 44 heavy (non-hydrogen) atoms. The molecule has 0 unspecified atom stereocenters. The van der Waals surface area contributed by atoms with E-state index in [0.717, 1.165) is 5.56 Å². The van der Waals surface area contributed by atoms with Crippen LogP contribution < -0.4 is 15.0 Å². The Kier molecular flexibility index (Phi) is 11.0. The SMILES string of the molecule is C=C(C)C(=O)N(CCCOc1ccc(C[C@H](Nc2ccccc2C(=O)c2ccccc2)C(=O)OC)cc1)c1ccccc1F. The molecule has 4 aromatic carbocycles. The highest BCUT2D eigenvalue weighted by atomic mass is 19.1. The number of anilines is 2. The Balaban J connectivity index is 1.38. The zero-order valence-electron chi connectivity index (χ0n) is 24.8. The van der Waals surface area contributed by atoms with Crippen molar-refractivity contribution < 1.29 is 28.2 Å². The maximum Gasteiger partial charge on any atom is 0.328 e. The third-order valence-corrected chi connectivity index (χ3v) is 6.93. The van der Waals surface area contributed by atoms with Gasteiger partial charge in [-0.05, 0) is 55.3 Å². The van der Waals surface area contributed by atoms with Gasteiger partial charge in [0.1, 0.15) is 17.6 Å². The van der Waals surface area contributed by atoms with Gasteiger partial charge >= 0.3 is 5.97 Å². The Morgan fingerprint density at radius 3 is 2.23 bits per heavy atom. The minimum atomic E-state index is -0.744. The molecular formula is C36H35FN2O5. The van der Waals surface area contributed by atoms with Gasteiger partial charge in [0.05, 0.1) is 19.4 Å². The fourth-order valence-corrected chi connectivity index (χ4v) is 4.68. The molecule has 0 heterocycles. The number of esters is 1. The number of carbonyl (C=O) groups excluding carboxylic acids is 3. The molecule has 0 spiro atoms. The van der Waals surface area contributed by atoms with Gasteiger partial charge in [-0.2, -0.15) is 0 Å². The molecule has 7 nitrogen and oxygen atoms in total. The molecule has 226 valence electrons. The summed E-state index contributed by atoms with van der Waals surface area (Å²) < 4.78 is 25.3. The molecule has 0 bridgehead atoms. The standard InChI is InChI=1S/C36H35FN2O5/c1-25(2)35(41)39(33-17-10-8-15-30(33)37)22-11-23-44-28-20-18-26(19-21-28)24-32(36(42)43-3)38-31-16-9-7-14-29(31)34(40)27-12-5-4-6-13-27/h4-10,12-21,32,38H,1,11,22-24H2,2-3H3/t32-/m0/s1. The van der Waals surface area contributed by atoms with Crippen molar-refractivity contribution in [1.82, 2.24) is 0 Å². The Bertz CT molecular complexity index is 1600. The van der Waals surface area contributed by atoms with Gasteiger partial charge in [-0.15, -0.1) is 0 Å². The van der Waals surface area contributed by atoms with Crippen molar-refractivity contribution in [2.45, 2.75) is 25.8 Å². The molecule has 0 saturated heterocycles. The van der Waals surface area contributed by atoms with Gasteiger partial charge in [0.2, 0.25) is 0 Å². The van der Waals surface area contributed by atoms with E-state index in [1.165, 1.54) is 18.1 Å². The Labute approximate surface area is 256 Å². The van der Waals surface area contributed by atoms with Crippen LogP contribution in [0.2, 0.25) is 0 Å². The summed E-state index contributed by atoms with van der Waals surface area (Å²) in [6.45, 7) is 5.85. The largest absolute Gasteiger partial charge is 0.494 e. The van der Waals surface area contributed by atoms with Gasteiger partial charge in [0, 0.05) is 35.4 Å². The number of para-hydroxylation sites is 2. The summed E-state index contributed by atoms with van der Waals surface area (Å²) in [4.78, 5) is 39.9. The summed E-state index contributed by atoms with van der Waals surface area (Å²) in [6.07, 6.45) is 0.770. The zero-order valence-corrected chi connectivity index (χ0v) is 24.8. The van der Waals surface area contributed by atoms with Crippen LogP contribution in [0, 0.1) is 5.82 Å². The lowest BCUT2D eigenvalue weighted by Crippen LogP contribution is -2.33. The summed E-state index contributed by atoms with van der Waals surface area (Å²) in [7, 11) is 1.33. The maximum atomic E-state index is 14.4. The Morgan fingerprint density at radius 2 is 1.55 bits per heavy atom. The highest BCUT2D eigenvalue weighted by molar-refractivity contribution is 6.12. The zero-order chi connectivity index (χ0) is 31.5. The van der Waals surface area contributed by atoms with Crippen LogP contribution in [0.1, 0.15) is 34.8 Å². The molecule has 0 aliphatic heterocycles. The first-order valence-corrected chi connectivity index (χ1v) is 14.2. The van der Waals surface area contributed by atoms with E-state index in [1.54, 1.807) is 85.8 Å². The van der Waals surface area contributed by atoms with Crippen LogP contribution in [0.5, 0.6) is 5.75 Å². The van der Waals surface area contributed by atoms with Gasteiger partial charge in [-0.1, -0.05) is 73.3 Å². The normalized spacial score (nSPS) is 11.2. The first-order valence-electron chi connectivity index (χ1n) is 14.2. The maximum absolute atomic E-state index is 14.4. The number of benzene rings is 4. The molecule has 0 aliphatic carbocycles. The highest BCUT2D eigenvalue weighted by Crippen LogP contribution is 2.23. The lowest BCUT2D eigenvalue weighted by Gasteiger charge is -2.23. The number of nitrogens with zero attached hydrogens (tertiary/aromatic N) is 1.